The van der Waals surface area contributed by atoms with Gasteiger partial charge in [-0.05, 0) is 29.8 Å². The first-order valence-electron chi connectivity index (χ1n) is 8.87. The average Bonchev–Trinajstić information content (AvgIpc) is 3.17. The topological polar surface area (TPSA) is 112 Å². The Hall–Kier alpha value is -2.75. The lowest BCUT2D eigenvalue weighted by Crippen LogP contribution is -2.40. The number of nitrogen functional groups attached to an aromatic ring is 1. The molecule has 0 saturated carbocycles. The van der Waals surface area contributed by atoms with Crippen LogP contribution in [-0.2, 0) is 21.2 Å². The Bertz CT molecular complexity index is 1060. The molecule has 0 radical (unpaired) electrons. The van der Waals surface area contributed by atoms with Crippen molar-refractivity contribution in [2.75, 3.05) is 32.0 Å². The van der Waals surface area contributed by atoms with Crippen LogP contribution >= 0.6 is 0 Å². The van der Waals surface area contributed by atoms with Crippen molar-refractivity contribution >= 4 is 15.8 Å². The largest absolute Gasteiger partial charge is 0.383 e. The van der Waals surface area contributed by atoms with E-state index in [1.54, 1.807) is 36.5 Å². The number of aromatic nitrogens is 2. The molecule has 1 aromatic carbocycles. The van der Waals surface area contributed by atoms with Crippen molar-refractivity contribution in [3.8, 4) is 11.3 Å². The summed E-state index contributed by atoms with van der Waals surface area (Å²) in [5.74, 6) is 0.926. The van der Waals surface area contributed by atoms with E-state index in [0.717, 1.165) is 11.3 Å². The second-order valence-corrected chi connectivity index (χ2v) is 8.39. The minimum atomic E-state index is -3.49. The molecule has 9 heteroatoms. The minimum absolute atomic E-state index is 0.280. The molecule has 0 spiro atoms. The van der Waals surface area contributed by atoms with E-state index in [9.17, 15) is 8.42 Å². The van der Waals surface area contributed by atoms with Crippen LogP contribution < -0.4 is 5.73 Å². The maximum atomic E-state index is 12.7. The number of nitrogens with zero attached hydrogens (tertiary/aromatic N) is 3. The van der Waals surface area contributed by atoms with Gasteiger partial charge in [0.25, 0.3) is 0 Å². The second-order valence-electron chi connectivity index (χ2n) is 6.46. The highest BCUT2D eigenvalue weighted by molar-refractivity contribution is 7.89. The Labute approximate surface area is 163 Å². The summed E-state index contributed by atoms with van der Waals surface area (Å²) in [5.41, 5.74) is 8.21. The Morgan fingerprint density at radius 2 is 1.86 bits per heavy atom. The lowest BCUT2D eigenvalue weighted by atomic mass is 10.1. The van der Waals surface area contributed by atoms with Crippen LogP contribution in [0.4, 0.5) is 5.82 Å². The average molecular weight is 400 g/mol. The number of nitrogens with two attached hydrogens (primary N) is 1. The van der Waals surface area contributed by atoms with E-state index in [1.807, 2.05) is 12.1 Å². The van der Waals surface area contributed by atoms with Crippen LogP contribution in [-0.4, -0.2) is 49.2 Å². The molecule has 0 bridgehead atoms. The summed E-state index contributed by atoms with van der Waals surface area (Å²) in [4.78, 5) is 4.32. The first-order chi connectivity index (χ1) is 13.5. The van der Waals surface area contributed by atoms with Gasteiger partial charge in [0, 0.05) is 31.8 Å². The van der Waals surface area contributed by atoms with E-state index in [2.05, 4.69) is 10.1 Å². The van der Waals surface area contributed by atoms with Gasteiger partial charge in [0.1, 0.15) is 5.82 Å². The summed E-state index contributed by atoms with van der Waals surface area (Å²) in [7, 11) is -3.49. The fraction of sp³-hybridized carbons (Fsp3) is 0.263. The molecule has 28 heavy (non-hydrogen) atoms. The molecule has 2 aromatic heterocycles. The fourth-order valence-electron chi connectivity index (χ4n) is 3.07. The highest BCUT2D eigenvalue weighted by Crippen LogP contribution is 2.25. The van der Waals surface area contributed by atoms with Crippen molar-refractivity contribution in [2.45, 2.75) is 11.3 Å². The summed E-state index contributed by atoms with van der Waals surface area (Å²) < 4.78 is 37.4. The van der Waals surface area contributed by atoms with E-state index in [1.165, 1.54) is 4.31 Å². The van der Waals surface area contributed by atoms with Gasteiger partial charge in [0.2, 0.25) is 10.0 Å². The molecular weight excluding hydrogens is 380 g/mol. The Kier molecular flexibility index (Phi) is 5.12. The standard InChI is InChI=1S/C19H20N4O4S/c20-19-17(2-1-7-21-19)18-13-15(22-27-18)12-14-3-5-16(6-4-14)28(24,25)23-8-10-26-11-9-23/h1-7,13H,8-12H2,(H2,20,21). The van der Waals surface area contributed by atoms with Gasteiger partial charge >= 0.3 is 0 Å². The zero-order valence-electron chi connectivity index (χ0n) is 15.1. The normalized spacial score (nSPS) is 15.6. The number of rotatable bonds is 5. The fourth-order valence-corrected chi connectivity index (χ4v) is 4.48. The van der Waals surface area contributed by atoms with E-state index in [-0.39, 0.29) is 4.90 Å². The number of hydrogen-bond acceptors (Lipinski definition) is 7. The summed E-state index contributed by atoms with van der Waals surface area (Å²) >= 11 is 0. The molecule has 4 rings (SSSR count). The highest BCUT2D eigenvalue weighted by Gasteiger charge is 2.26. The van der Waals surface area contributed by atoms with Gasteiger partial charge in [-0.25, -0.2) is 13.4 Å². The van der Waals surface area contributed by atoms with Crippen LogP contribution in [0.2, 0.25) is 0 Å². The number of hydrogen-bond donors (Lipinski definition) is 1. The third kappa shape index (κ3) is 3.77. The van der Waals surface area contributed by atoms with Gasteiger partial charge in [0.15, 0.2) is 5.76 Å². The Morgan fingerprint density at radius 3 is 2.57 bits per heavy atom. The van der Waals surface area contributed by atoms with Crippen LogP contribution in [0, 0.1) is 0 Å². The lowest BCUT2D eigenvalue weighted by molar-refractivity contribution is 0.0730. The molecule has 1 aliphatic heterocycles. The maximum Gasteiger partial charge on any atom is 0.243 e. The summed E-state index contributed by atoms with van der Waals surface area (Å²) in [6, 6.07) is 12.2. The van der Waals surface area contributed by atoms with Crippen molar-refractivity contribution in [1.29, 1.82) is 0 Å². The number of anilines is 1. The molecule has 2 N–H and O–H groups in total. The van der Waals surface area contributed by atoms with Crippen LogP contribution in [0.5, 0.6) is 0 Å². The van der Waals surface area contributed by atoms with Crippen LogP contribution in [0.15, 0.2) is 58.1 Å². The third-order valence-corrected chi connectivity index (χ3v) is 6.49. The van der Waals surface area contributed by atoms with Crippen molar-refractivity contribution in [2.24, 2.45) is 0 Å². The minimum Gasteiger partial charge on any atom is -0.383 e. The van der Waals surface area contributed by atoms with Gasteiger partial charge in [-0.3, -0.25) is 0 Å². The molecule has 146 valence electrons. The predicted octanol–water partition coefficient (Wildman–Crippen LogP) is 1.93. The Balaban J connectivity index is 1.49. The number of pyridine rings is 1. The Morgan fingerprint density at radius 1 is 1.11 bits per heavy atom. The van der Waals surface area contributed by atoms with Gasteiger partial charge in [-0.2, -0.15) is 4.31 Å². The zero-order chi connectivity index (χ0) is 19.6. The van der Waals surface area contributed by atoms with E-state index in [0.29, 0.717) is 49.9 Å². The smallest absolute Gasteiger partial charge is 0.243 e. The molecule has 0 amide bonds. The van der Waals surface area contributed by atoms with Crippen molar-refractivity contribution in [1.82, 2.24) is 14.4 Å². The molecule has 0 atom stereocenters. The third-order valence-electron chi connectivity index (χ3n) is 4.58. The van der Waals surface area contributed by atoms with Gasteiger partial charge < -0.3 is 15.0 Å². The van der Waals surface area contributed by atoms with Crippen molar-refractivity contribution in [3.63, 3.8) is 0 Å². The highest BCUT2D eigenvalue weighted by atomic mass is 32.2. The maximum absolute atomic E-state index is 12.7. The summed E-state index contributed by atoms with van der Waals surface area (Å²) in [5, 5.41) is 4.07. The van der Waals surface area contributed by atoms with Crippen molar-refractivity contribution in [3.05, 3.63) is 59.9 Å². The zero-order valence-corrected chi connectivity index (χ0v) is 15.9. The monoisotopic (exact) mass is 400 g/mol. The predicted molar refractivity (Wildman–Crippen MR) is 103 cm³/mol. The number of morpholine rings is 1. The van der Waals surface area contributed by atoms with Gasteiger partial charge in [-0.15, -0.1) is 0 Å². The molecular formula is C19H20N4O4S. The van der Waals surface area contributed by atoms with Crippen LogP contribution in [0.3, 0.4) is 0 Å². The molecule has 3 aromatic rings. The molecule has 1 aliphatic rings. The number of benzene rings is 1. The quantitative estimate of drug-likeness (QED) is 0.696. The van der Waals surface area contributed by atoms with Gasteiger partial charge in [-0.1, -0.05) is 17.3 Å². The SMILES string of the molecule is Nc1ncccc1-c1cc(Cc2ccc(S(=O)(=O)N3CCOCC3)cc2)no1. The first kappa shape index (κ1) is 18.6. The molecule has 1 fully saturated rings. The summed E-state index contributed by atoms with van der Waals surface area (Å²) in [6.07, 6.45) is 2.13. The van der Waals surface area contributed by atoms with E-state index < -0.39 is 10.0 Å². The van der Waals surface area contributed by atoms with Crippen LogP contribution in [0.1, 0.15) is 11.3 Å². The van der Waals surface area contributed by atoms with E-state index in [4.69, 9.17) is 15.0 Å². The van der Waals surface area contributed by atoms with Crippen LogP contribution in [0.25, 0.3) is 11.3 Å². The lowest BCUT2D eigenvalue weighted by Gasteiger charge is -2.26. The second kappa shape index (κ2) is 7.70. The number of ether oxygens (including phenoxy) is 1. The van der Waals surface area contributed by atoms with Crippen molar-refractivity contribution < 1.29 is 17.7 Å². The van der Waals surface area contributed by atoms with E-state index >= 15 is 0 Å². The number of sulfonamides is 1. The molecule has 0 aliphatic carbocycles. The summed E-state index contributed by atoms with van der Waals surface area (Å²) in [6.45, 7) is 1.60. The molecule has 0 unspecified atom stereocenters. The molecule has 1 saturated heterocycles. The first-order valence-corrected chi connectivity index (χ1v) is 10.3. The molecule has 8 nitrogen and oxygen atoms in total. The van der Waals surface area contributed by atoms with Gasteiger partial charge in [0.05, 0.1) is 29.4 Å². The molecule has 3 heterocycles.